The zero-order chi connectivity index (χ0) is 13.8. The second kappa shape index (κ2) is 6.17. The fourth-order valence-electron chi connectivity index (χ4n) is 2.65. The molecule has 19 heavy (non-hydrogen) atoms. The van der Waals surface area contributed by atoms with Gasteiger partial charge in [-0.15, -0.1) is 0 Å². The van der Waals surface area contributed by atoms with Gasteiger partial charge in [-0.3, -0.25) is 10.1 Å². The zero-order valence-electron chi connectivity index (χ0n) is 11.5. The summed E-state index contributed by atoms with van der Waals surface area (Å²) in [6, 6.07) is 5.19. The molecular weight excluding hydrogens is 242 g/mol. The average molecular weight is 263 g/mol. The van der Waals surface area contributed by atoms with Gasteiger partial charge in [-0.05, 0) is 43.4 Å². The highest BCUT2D eigenvalue weighted by atomic mass is 16.5. The molecule has 2 atom stereocenters. The topological polar surface area (TPSA) is 58.6 Å². The Bertz CT molecular complexity index is 432. The molecule has 0 saturated carbocycles. The minimum atomic E-state index is -0.838. The Morgan fingerprint density at radius 2 is 2.16 bits per heavy atom. The standard InChI is InChI=1S/C15H21NO3/c1-10-5-3-6-11(2)13(10)14(15(17)18)16-9-12-7-4-8-19-12/h3,5-6,12,14,16H,4,7-9H2,1-2H3,(H,17,18). The lowest BCUT2D eigenvalue weighted by atomic mass is 9.96. The van der Waals surface area contributed by atoms with E-state index in [1.807, 2.05) is 32.0 Å². The van der Waals surface area contributed by atoms with E-state index in [0.717, 1.165) is 36.1 Å². The molecule has 2 rings (SSSR count). The molecule has 1 aliphatic heterocycles. The van der Waals surface area contributed by atoms with Crippen molar-refractivity contribution in [1.29, 1.82) is 0 Å². The van der Waals surface area contributed by atoms with E-state index >= 15 is 0 Å². The van der Waals surface area contributed by atoms with E-state index in [1.54, 1.807) is 0 Å². The minimum absolute atomic E-state index is 0.145. The van der Waals surface area contributed by atoms with Gasteiger partial charge in [-0.25, -0.2) is 0 Å². The molecule has 0 amide bonds. The van der Waals surface area contributed by atoms with Crippen LogP contribution in [-0.4, -0.2) is 30.3 Å². The first-order chi connectivity index (χ1) is 9.09. The summed E-state index contributed by atoms with van der Waals surface area (Å²) in [6.45, 7) is 5.27. The molecule has 0 spiro atoms. The molecule has 1 aromatic rings. The molecule has 1 aliphatic rings. The van der Waals surface area contributed by atoms with Crippen LogP contribution >= 0.6 is 0 Å². The van der Waals surface area contributed by atoms with Crippen LogP contribution in [0.4, 0.5) is 0 Å². The molecule has 0 aliphatic carbocycles. The normalized spacial score (nSPS) is 20.4. The summed E-state index contributed by atoms with van der Waals surface area (Å²) in [5.41, 5.74) is 2.88. The number of ether oxygens (including phenoxy) is 1. The Morgan fingerprint density at radius 3 is 2.68 bits per heavy atom. The van der Waals surface area contributed by atoms with Gasteiger partial charge in [0.2, 0.25) is 0 Å². The third-order valence-corrected chi connectivity index (χ3v) is 3.65. The van der Waals surface area contributed by atoms with Crippen LogP contribution in [0.1, 0.15) is 35.6 Å². The van der Waals surface area contributed by atoms with Gasteiger partial charge in [0, 0.05) is 13.2 Å². The number of aliphatic carboxylic acids is 1. The Labute approximate surface area is 113 Å². The fourth-order valence-corrected chi connectivity index (χ4v) is 2.65. The molecule has 2 N–H and O–H groups in total. The Balaban J connectivity index is 2.13. The fraction of sp³-hybridized carbons (Fsp3) is 0.533. The maximum Gasteiger partial charge on any atom is 0.325 e. The minimum Gasteiger partial charge on any atom is -0.480 e. The number of benzene rings is 1. The number of rotatable bonds is 5. The van der Waals surface area contributed by atoms with E-state index in [-0.39, 0.29) is 6.10 Å². The lowest BCUT2D eigenvalue weighted by Crippen LogP contribution is -2.35. The van der Waals surface area contributed by atoms with Crippen molar-refractivity contribution in [3.8, 4) is 0 Å². The Kier molecular flexibility index (Phi) is 4.56. The average Bonchev–Trinajstić information content (AvgIpc) is 2.85. The van der Waals surface area contributed by atoms with E-state index < -0.39 is 12.0 Å². The van der Waals surface area contributed by atoms with E-state index in [9.17, 15) is 9.90 Å². The first-order valence-electron chi connectivity index (χ1n) is 6.73. The first kappa shape index (κ1) is 14.0. The highest BCUT2D eigenvalue weighted by Gasteiger charge is 2.25. The van der Waals surface area contributed by atoms with Crippen LogP contribution in [0.3, 0.4) is 0 Å². The van der Waals surface area contributed by atoms with E-state index in [0.29, 0.717) is 6.54 Å². The Morgan fingerprint density at radius 1 is 1.47 bits per heavy atom. The third-order valence-electron chi connectivity index (χ3n) is 3.65. The van der Waals surface area contributed by atoms with Crippen molar-refractivity contribution >= 4 is 5.97 Å². The summed E-state index contributed by atoms with van der Waals surface area (Å²) in [5.74, 6) is -0.838. The van der Waals surface area contributed by atoms with Crippen molar-refractivity contribution in [3.63, 3.8) is 0 Å². The highest BCUT2D eigenvalue weighted by Crippen LogP contribution is 2.23. The van der Waals surface area contributed by atoms with Crippen LogP contribution in [0.25, 0.3) is 0 Å². The van der Waals surface area contributed by atoms with Crippen molar-refractivity contribution in [2.24, 2.45) is 0 Å². The van der Waals surface area contributed by atoms with E-state index in [1.165, 1.54) is 0 Å². The third kappa shape index (κ3) is 3.33. The van der Waals surface area contributed by atoms with Crippen LogP contribution in [0.15, 0.2) is 18.2 Å². The van der Waals surface area contributed by atoms with Gasteiger partial charge in [0.15, 0.2) is 0 Å². The molecule has 104 valence electrons. The molecule has 1 saturated heterocycles. The maximum atomic E-state index is 11.5. The highest BCUT2D eigenvalue weighted by molar-refractivity contribution is 5.76. The molecule has 1 heterocycles. The summed E-state index contributed by atoms with van der Waals surface area (Å²) >= 11 is 0. The van der Waals surface area contributed by atoms with Gasteiger partial charge >= 0.3 is 5.97 Å². The quantitative estimate of drug-likeness (QED) is 0.855. The molecule has 4 heteroatoms. The van der Waals surface area contributed by atoms with Crippen LogP contribution in [0.2, 0.25) is 0 Å². The van der Waals surface area contributed by atoms with E-state index in [4.69, 9.17) is 4.74 Å². The molecule has 0 radical (unpaired) electrons. The van der Waals surface area contributed by atoms with Gasteiger partial charge in [0.1, 0.15) is 6.04 Å². The second-order valence-corrected chi connectivity index (χ2v) is 5.12. The first-order valence-corrected chi connectivity index (χ1v) is 6.73. The van der Waals surface area contributed by atoms with Crippen molar-refractivity contribution in [3.05, 3.63) is 34.9 Å². The van der Waals surface area contributed by atoms with Gasteiger partial charge in [-0.2, -0.15) is 0 Å². The molecular formula is C15H21NO3. The number of hydrogen-bond donors (Lipinski definition) is 2. The number of hydrogen-bond acceptors (Lipinski definition) is 3. The van der Waals surface area contributed by atoms with Crippen molar-refractivity contribution in [1.82, 2.24) is 5.32 Å². The summed E-state index contributed by atoms with van der Waals surface area (Å²) in [7, 11) is 0. The second-order valence-electron chi connectivity index (χ2n) is 5.12. The van der Waals surface area contributed by atoms with Gasteiger partial charge in [0.25, 0.3) is 0 Å². The van der Waals surface area contributed by atoms with Crippen LogP contribution < -0.4 is 5.32 Å². The van der Waals surface area contributed by atoms with Gasteiger partial charge in [-0.1, -0.05) is 18.2 Å². The molecule has 1 aromatic carbocycles. The van der Waals surface area contributed by atoms with Gasteiger partial charge < -0.3 is 9.84 Å². The Hall–Kier alpha value is -1.39. The number of carbonyl (C=O) groups is 1. The monoisotopic (exact) mass is 263 g/mol. The van der Waals surface area contributed by atoms with Crippen molar-refractivity contribution in [2.75, 3.05) is 13.2 Å². The SMILES string of the molecule is Cc1cccc(C)c1C(NCC1CCCO1)C(=O)O. The largest absolute Gasteiger partial charge is 0.480 e. The number of nitrogens with one attached hydrogen (secondary N) is 1. The van der Waals surface area contributed by atoms with Crippen LogP contribution in [0.5, 0.6) is 0 Å². The summed E-state index contributed by atoms with van der Waals surface area (Å²) < 4.78 is 5.52. The zero-order valence-corrected chi connectivity index (χ0v) is 11.5. The number of carboxylic acid groups (broad SMARTS) is 1. The van der Waals surface area contributed by atoms with Gasteiger partial charge in [0.05, 0.1) is 6.10 Å². The molecule has 0 bridgehead atoms. The predicted molar refractivity (Wildman–Crippen MR) is 73.3 cm³/mol. The molecule has 4 nitrogen and oxygen atoms in total. The maximum absolute atomic E-state index is 11.5. The molecule has 0 aromatic heterocycles. The van der Waals surface area contributed by atoms with E-state index in [2.05, 4.69) is 5.32 Å². The summed E-state index contributed by atoms with van der Waals surface area (Å²) in [5, 5.41) is 12.6. The van der Waals surface area contributed by atoms with Crippen molar-refractivity contribution < 1.29 is 14.6 Å². The molecule has 2 unspecified atom stereocenters. The lowest BCUT2D eigenvalue weighted by Gasteiger charge is -2.21. The predicted octanol–water partition coefficient (Wildman–Crippen LogP) is 2.20. The van der Waals surface area contributed by atoms with Crippen molar-refractivity contribution in [2.45, 2.75) is 38.8 Å². The smallest absolute Gasteiger partial charge is 0.325 e. The summed E-state index contributed by atoms with van der Waals surface area (Å²) in [6.07, 6.45) is 2.21. The number of carboxylic acids is 1. The van der Waals surface area contributed by atoms with Crippen LogP contribution in [0, 0.1) is 13.8 Å². The number of aryl methyl sites for hydroxylation is 2. The lowest BCUT2D eigenvalue weighted by molar-refractivity contribution is -0.139. The van der Waals surface area contributed by atoms with Crippen LogP contribution in [-0.2, 0) is 9.53 Å². The molecule has 1 fully saturated rings. The summed E-state index contributed by atoms with van der Waals surface area (Å²) in [4.78, 5) is 11.5.